The van der Waals surface area contributed by atoms with Gasteiger partial charge in [-0.1, -0.05) is 6.07 Å². The molecule has 4 rings (SSSR count). The molecule has 1 aliphatic carbocycles. The van der Waals surface area contributed by atoms with Crippen LogP contribution < -0.4 is 15.4 Å². The van der Waals surface area contributed by atoms with Crippen LogP contribution in [0.3, 0.4) is 0 Å². The molecule has 2 aromatic heterocycles. The average Bonchev–Trinajstić information content (AvgIpc) is 3.02. The van der Waals surface area contributed by atoms with E-state index in [4.69, 9.17) is 19.4 Å². The number of halogens is 2. The maximum Gasteiger partial charge on any atom is 0.350 e. The zero-order chi connectivity index (χ0) is 31.6. The summed E-state index contributed by atoms with van der Waals surface area (Å²) in [6, 6.07) is 11.0. The second kappa shape index (κ2) is 16.0. The van der Waals surface area contributed by atoms with Crippen LogP contribution in [0.5, 0.6) is 0 Å². The molecule has 1 unspecified atom stereocenters. The molecule has 1 saturated heterocycles. The van der Waals surface area contributed by atoms with Crippen molar-refractivity contribution >= 4 is 15.8 Å². The number of nitrogens with one attached hydrogen (secondary N) is 3. The molecule has 0 amide bonds. The summed E-state index contributed by atoms with van der Waals surface area (Å²) in [4.78, 5) is 9.60. The molecule has 10 nitrogen and oxygen atoms in total. The lowest BCUT2D eigenvalue weighted by molar-refractivity contribution is 0.0455. The fraction of sp³-hybridized carbons (Fsp3) is 0.645. The van der Waals surface area contributed by atoms with Crippen LogP contribution in [-0.2, 0) is 25.9 Å². The third-order valence-corrected chi connectivity index (χ3v) is 9.57. The van der Waals surface area contributed by atoms with Crippen LogP contribution >= 0.6 is 0 Å². The van der Waals surface area contributed by atoms with Gasteiger partial charge in [-0.25, -0.2) is 18.1 Å². The van der Waals surface area contributed by atoms with Crippen LogP contribution in [0.15, 0.2) is 30.5 Å². The highest BCUT2D eigenvalue weighted by molar-refractivity contribution is 7.89. The van der Waals surface area contributed by atoms with Crippen molar-refractivity contribution < 1.29 is 26.7 Å². The summed E-state index contributed by atoms with van der Waals surface area (Å²) >= 11 is 0. The Bertz CT molecular complexity index is 1360. The van der Waals surface area contributed by atoms with Crippen molar-refractivity contribution in [1.82, 2.24) is 20.0 Å². The summed E-state index contributed by atoms with van der Waals surface area (Å²) in [5, 5.41) is 16.7. The van der Waals surface area contributed by atoms with E-state index in [1.165, 1.54) is 0 Å². The number of rotatable bonds is 15. The van der Waals surface area contributed by atoms with Gasteiger partial charge in [0.1, 0.15) is 5.82 Å². The van der Waals surface area contributed by atoms with Gasteiger partial charge in [0, 0.05) is 55.8 Å². The molecule has 0 bridgehead atoms. The highest BCUT2D eigenvalue weighted by Gasteiger charge is 2.32. The van der Waals surface area contributed by atoms with Crippen molar-refractivity contribution in [1.29, 1.82) is 5.26 Å². The van der Waals surface area contributed by atoms with E-state index in [0.29, 0.717) is 38.3 Å². The number of pyridine rings is 2. The molecule has 3 heterocycles. The molecule has 44 heavy (non-hydrogen) atoms. The molecule has 0 aromatic carbocycles. The fourth-order valence-electron chi connectivity index (χ4n) is 5.85. The van der Waals surface area contributed by atoms with Crippen LogP contribution in [0.4, 0.5) is 14.6 Å². The number of anilines is 1. The predicted molar refractivity (Wildman–Crippen MR) is 165 cm³/mol. The number of hydrogen-bond acceptors (Lipinski definition) is 9. The molecule has 0 spiro atoms. The van der Waals surface area contributed by atoms with Gasteiger partial charge in [-0.2, -0.15) is 14.0 Å². The first-order valence-corrected chi connectivity index (χ1v) is 16.9. The average molecular weight is 635 g/mol. The summed E-state index contributed by atoms with van der Waals surface area (Å²) in [7, 11) is -4.58. The van der Waals surface area contributed by atoms with Crippen LogP contribution in [0.1, 0.15) is 56.7 Å². The van der Waals surface area contributed by atoms with Gasteiger partial charge in [-0.3, -0.25) is 4.98 Å². The molecule has 2 aliphatic rings. The third-order valence-electron chi connectivity index (χ3n) is 8.50. The van der Waals surface area contributed by atoms with Gasteiger partial charge in [0.05, 0.1) is 30.4 Å². The van der Waals surface area contributed by atoms with E-state index >= 15 is 0 Å². The van der Waals surface area contributed by atoms with Gasteiger partial charge in [0.25, 0.3) is 10.0 Å². The highest BCUT2D eigenvalue weighted by atomic mass is 32.2. The Balaban J connectivity index is 1.23. The Morgan fingerprint density at radius 3 is 2.66 bits per heavy atom. The van der Waals surface area contributed by atoms with E-state index in [1.807, 2.05) is 43.0 Å². The second-order valence-corrected chi connectivity index (χ2v) is 13.8. The molecule has 13 heteroatoms. The van der Waals surface area contributed by atoms with Gasteiger partial charge >= 0.3 is 5.76 Å². The van der Waals surface area contributed by atoms with E-state index in [0.717, 1.165) is 73.3 Å². The smallest absolute Gasteiger partial charge is 0.350 e. The van der Waals surface area contributed by atoms with Gasteiger partial charge < -0.3 is 20.1 Å². The van der Waals surface area contributed by atoms with Crippen LogP contribution in [0.25, 0.3) is 11.3 Å². The minimum atomic E-state index is -4.58. The van der Waals surface area contributed by atoms with Crippen LogP contribution in [-0.4, -0.2) is 75.7 Å². The first-order valence-electron chi connectivity index (χ1n) is 15.4. The summed E-state index contributed by atoms with van der Waals surface area (Å²) in [6.45, 7) is 6.02. The highest BCUT2D eigenvalue weighted by Crippen LogP contribution is 2.31. The number of sulfonamides is 1. The summed E-state index contributed by atoms with van der Waals surface area (Å²) in [5.41, 5.74) is 3.63. The summed E-state index contributed by atoms with van der Waals surface area (Å²) < 4.78 is 59.6. The SMILES string of the molecule is Cc1cnc(CC2CCC(NC(C)COCCNS(=O)(=O)C(F)F)CC2)cc1-c1cccc(NCC2(C#N)CCOCC2)n1. The van der Waals surface area contributed by atoms with E-state index in [2.05, 4.69) is 22.8 Å². The van der Waals surface area contributed by atoms with Gasteiger partial charge in [-0.05, 0) is 88.5 Å². The number of aryl methyl sites for hydroxylation is 1. The number of hydrogen-bond donors (Lipinski definition) is 3. The zero-order valence-corrected chi connectivity index (χ0v) is 26.3. The Labute approximate surface area is 259 Å². The molecule has 1 atom stereocenters. The molecular weight excluding hydrogens is 590 g/mol. The molecule has 1 aliphatic heterocycles. The Morgan fingerprint density at radius 2 is 1.95 bits per heavy atom. The lowest BCUT2D eigenvalue weighted by Gasteiger charge is -2.31. The molecular formula is C31H44F2N6O4S. The second-order valence-electron chi connectivity index (χ2n) is 12.0. The van der Waals surface area contributed by atoms with Crippen LogP contribution in [0, 0.1) is 29.6 Å². The van der Waals surface area contributed by atoms with E-state index in [1.54, 1.807) is 0 Å². The van der Waals surface area contributed by atoms with E-state index in [-0.39, 0.29) is 19.2 Å². The minimum Gasteiger partial charge on any atom is -0.381 e. The third kappa shape index (κ3) is 9.87. The lowest BCUT2D eigenvalue weighted by Crippen LogP contribution is -2.42. The van der Waals surface area contributed by atoms with Crippen molar-refractivity contribution in [2.24, 2.45) is 11.3 Å². The number of nitrogens with zero attached hydrogens (tertiary/aromatic N) is 3. The Kier molecular flexibility index (Phi) is 12.4. The minimum absolute atomic E-state index is 0.0320. The predicted octanol–water partition coefficient (Wildman–Crippen LogP) is 4.42. The van der Waals surface area contributed by atoms with Crippen molar-refractivity contribution in [2.45, 2.75) is 76.6 Å². The first-order chi connectivity index (χ1) is 21.1. The Hall–Kier alpha value is -2.76. The zero-order valence-electron chi connectivity index (χ0n) is 25.5. The fourth-order valence-corrected chi connectivity index (χ4v) is 6.34. The maximum absolute atomic E-state index is 12.4. The topological polar surface area (TPSA) is 138 Å². The number of ether oxygens (including phenoxy) is 2. The molecule has 2 aromatic rings. The molecule has 3 N–H and O–H groups in total. The van der Waals surface area contributed by atoms with Gasteiger partial charge in [-0.15, -0.1) is 0 Å². The maximum atomic E-state index is 12.4. The number of aromatic nitrogens is 2. The summed E-state index contributed by atoms with van der Waals surface area (Å²) in [5.74, 6) is -2.15. The van der Waals surface area contributed by atoms with Crippen molar-refractivity contribution in [2.75, 3.05) is 44.8 Å². The van der Waals surface area contributed by atoms with Crippen molar-refractivity contribution in [3.8, 4) is 17.3 Å². The Morgan fingerprint density at radius 1 is 1.20 bits per heavy atom. The number of nitriles is 1. The first kappa shape index (κ1) is 34.1. The normalized spacial score (nSPS) is 21.1. The van der Waals surface area contributed by atoms with Gasteiger partial charge in [0.15, 0.2) is 0 Å². The largest absolute Gasteiger partial charge is 0.381 e. The lowest BCUT2D eigenvalue weighted by atomic mass is 9.82. The van der Waals surface area contributed by atoms with E-state index in [9.17, 15) is 22.5 Å². The van der Waals surface area contributed by atoms with Crippen molar-refractivity contribution in [3.05, 3.63) is 41.7 Å². The van der Waals surface area contributed by atoms with Crippen molar-refractivity contribution in [3.63, 3.8) is 0 Å². The van der Waals surface area contributed by atoms with Gasteiger partial charge in [0.2, 0.25) is 0 Å². The number of alkyl halides is 2. The molecule has 0 radical (unpaired) electrons. The van der Waals surface area contributed by atoms with E-state index < -0.39 is 21.2 Å². The molecule has 1 saturated carbocycles. The standard InChI is InChI=1S/C31H44F2N6O4S/c1-22-18-35-26(17-27(22)28-4-3-5-29(39-28)36-21-31(20-34)10-13-42-14-11-31)16-24-6-8-25(9-7-24)38-23(2)19-43-15-12-37-44(40,41)30(32)33/h3-5,17-18,23-25,30,37-38H,6-16,19,21H2,1-2H3,(H,36,39). The monoisotopic (exact) mass is 634 g/mol. The molecule has 2 fully saturated rings. The van der Waals surface area contributed by atoms with Crippen LogP contribution in [0.2, 0.25) is 0 Å². The quantitative estimate of drug-likeness (QED) is 0.243. The summed E-state index contributed by atoms with van der Waals surface area (Å²) in [6.07, 6.45) is 8.49. The molecule has 242 valence electrons.